The Hall–Kier alpha value is -1.40. The molecule has 1 aromatic rings. The molecule has 0 spiro atoms. The summed E-state index contributed by atoms with van der Waals surface area (Å²) in [6, 6.07) is 5.91. The molecule has 3 rings (SSSR count). The molecule has 5 nitrogen and oxygen atoms in total. The van der Waals surface area contributed by atoms with Crippen molar-refractivity contribution in [1.29, 1.82) is 0 Å². The summed E-state index contributed by atoms with van der Waals surface area (Å²) in [5.41, 5.74) is 3.24. The highest BCUT2D eigenvalue weighted by Crippen LogP contribution is 2.29. The summed E-state index contributed by atoms with van der Waals surface area (Å²) >= 11 is 0. The standard InChI is InChI=1S/C16H24N2O3S.C7H14.C2H6/c1-3-13-5-6-14-10-22(20,21)11-16(15(14)9-13)18-8-4-7-17-12(2)19;1-7-5-3-2-4-6-7;1-2/h5-6,9,16,18H,3-4,7-8,10-11H2,1-2H3,(H,17,19);7H,2-6H2,1H3;1-2H3. The maximum atomic E-state index is 12.1. The van der Waals surface area contributed by atoms with Crippen molar-refractivity contribution in [2.75, 3.05) is 18.8 Å². The normalized spacial score (nSPS) is 19.7. The van der Waals surface area contributed by atoms with Crippen LogP contribution in [0.3, 0.4) is 0 Å². The van der Waals surface area contributed by atoms with Gasteiger partial charge in [0.2, 0.25) is 5.91 Å². The maximum absolute atomic E-state index is 12.1. The molecule has 1 heterocycles. The van der Waals surface area contributed by atoms with E-state index in [9.17, 15) is 13.2 Å². The number of carbonyl (C=O) groups is 1. The molecule has 1 saturated carbocycles. The average Bonchev–Trinajstić information content (AvgIpc) is 2.74. The molecular weight excluding hydrogens is 408 g/mol. The predicted molar refractivity (Wildman–Crippen MR) is 131 cm³/mol. The Labute approximate surface area is 190 Å². The molecule has 1 fully saturated rings. The van der Waals surface area contributed by atoms with Crippen LogP contribution < -0.4 is 10.6 Å². The van der Waals surface area contributed by atoms with E-state index in [-0.39, 0.29) is 23.5 Å². The molecule has 6 heteroatoms. The van der Waals surface area contributed by atoms with Crippen molar-refractivity contribution >= 4 is 15.7 Å². The minimum Gasteiger partial charge on any atom is -0.356 e. The van der Waals surface area contributed by atoms with Crippen LogP contribution in [0.2, 0.25) is 0 Å². The van der Waals surface area contributed by atoms with Gasteiger partial charge in [0.1, 0.15) is 0 Å². The van der Waals surface area contributed by atoms with Gasteiger partial charge in [0.25, 0.3) is 0 Å². The fraction of sp³-hybridized carbons (Fsp3) is 0.720. The number of amides is 1. The van der Waals surface area contributed by atoms with E-state index in [0.717, 1.165) is 29.9 Å². The zero-order valence-corrected chi connectivity index (χ0v) is 21.1. The maximum Gasteiger partial charge on any atom is 0.216 e. The van der Waals surface area contributed by atoms with Gasteiger partial charge >= 0.3 is 0 Å². The Morgan fingerprint density at radius 3 is 2.32 bits per heavy atom. The number of rotatable bonds is 6. The van der Waals surface area contributed by atoms with Gasteiger partial charge < -0.3 is 10.6 Å². The van der Waals surface area contributed by atoms with Crippen LogP contribution in [-0.4, -0.2) is 33.2 Å². The predicted octanol–water partition coefficient (Wildman–Crippen LogP) is 4.95. The van der Waals surface area contributed by atoms with Crippen LogP contribution in [0.4, 0.5) is 0 Å². The van der Waals surface area contributed by atoms with Crippen LogP contribution in [0.15, 0.2) is 18.2 Å². The van der Waals surface area contributed by atoms with Gasteiger partial charge in [0.05, 0.1) is 11.5 Å². The van der Waals surface area contributed by atoms with Crippen molar-refractivity contribution < 1.29 is 13.2 Å². The first-order chi connectivity index (χ1) is 14.8. The van der Waals surface area contributed by atoms with Crippen molar-refractivity contribution in [2.45, 2.75) is 91.4 Å². The quantitative estimate of drug-likeness (QED) is 0.599. The Morgan fingerprint density at radius 2 is 1.77 bits per heavy atom. The average molecular weight is 453 g/mol. The molecule has 2 aliphatic rings. The lowest BCUT2D eigenvalue weighted by Crippen LogP contribution is -2.35. The number of benzene rings is 1. The molecule has 178 valence electrons. The Kier molecular flexibility index (Phi) is 13.0. The van der Waals surface area contributed by atoms with Crippen molar-refractivity contribution in [2.24, 2.45) is 5.92 Å². The van der Waals surface area contributed by atoms with E-state index < -0.39 is 9.84 Å². The van der Waals surface area contributed by atoms with Crippen LogP contribution in [0.5, 0.6) is 0 Å². The molecule has 0 saturated heterocycles. The van der Waals surface area contributed by atoms with Gasteiger partial charge in [-0.15, -0.1) is 0 Å². The van der Waals surface area contributed by atoms with E-state index in [0.29, 0.717) is 13.1 Å². The Bertz CT molecular complexity index is 756. The first-order valence-electron chi connectivity index (χ1n) is 12.1. The van der Waals surface area contributed by atoms with Crippen molar-refractivity contribution in [1.82, 2.24) is 10.6 Å². The highest BCUT2D eigenvalue weighted by molar-refractivity contribution is 7.90. The molecule has 1 aromatic carbocycles. The van der Waals surface area contributed by atoms with Crippen molar-refractivity contribution in [3.05, 3.63) is 34.9 Å². The van der Waals surface area contributed by atoms with Crippen LogP contribution in [0.1, 0.15) is 95.9 Å². The number of hydrogen-bond donors (Lipinski definition) is 2. The second kappa shape index (κ2) is 14.6. The Morgan fingerprint density at radius 1 is 1.10 bits per heavy atom. The molecular formula is C25H44N2O3S. The fourth-order valence-corrected chi connectivity index (χ4v) is 5.72. The van der Waals surface area contributed by atoms with Crippen LogP contribution in [-0.2, 0) is 26.8 Å². The minimum absolute atomic E-state index is 0.0434. The Balaban J connectivity index is 0.000000447. The minimum atomic E-state index is -3.05. The topological polar surface area (TPSA) is 75.3 Å². The van der Waals surface area contributed by atoms with Crippen molar-refractivity contribution in [3.63, 3.8) is 0 Å². The van der Waals surface area contributed by atoms with Crippen molar-refractivity contribution in [3.8, 4) is 0 Å². The van der Waals surface area contributed by atoms with Gasteiger partial charge in [0, 0.05) is 19.5 Å². The summed E-state index contributed by atoms with van der Waals surface area (Å²) in [6.07, 6.45) is 9.15. The number of carbonyl (C=O) groups excluding carboxylic acids is 1. The van der Waals surface area contributed by atoms with Crippen LogP contribution in [0.25, 0.3) is 0 Å². The smallest absolute Gasteiger partial charge is 0.216 e. The highest BCUT2D eigenvalue weighted by Gasteiger charge is 2.29. The molecule has 1 aliphatic carbocycles. The highest BCUT2D eigenvalue weighted by atomic mass is 32.2. The summed E-state index contributed by atoms with van der Waals surface area (Å²) in [5, 5.41) is 6.07. The number of fused-ring (bicyclic) bond motifs is 1. The van der Waals surface area contributed by atoms with E-state index in [1.54, 1.807) is 0 Å². The van der Waals surface area contributed by atoms with Gasteiger partial charge in [-0.1, -0.05) is 78.0 Å². The van der Waals surface area contributed by atoms with E-state index >= 15 is 0 Å². The molecule has 1 atom stereocenters. The lowest BCUT2D eigenvalue weighted by molar-refractivity contribution is -0.118. The molecule has 1 aliphatic heterocycles. The lowest BCUT2D eigenvalue weighted by atomic mass is 9.91. The van der Waals surface area contributed by atoms with Gasteiger partial charge in [-0.2, -0.15) is 0 Å². The zero-order chi connectivity index (χ0) is 23.3. The number of hydrogen-bond acceptors (Lipinski definition) is 4. The molecule has 2 N–H and O–H groups in total. The third kappa shape index (κ3) is 10.6. The molecule has 0 bridgehead atoms. The summed E-state index contributed by atoms with van der Waals surface area (Å²) in [4.78, 5) is 10.8. The van der Waals surface area contributed by atoms with Gasteiger partial charge in [-0.3, -0.25) is 4.79 Å². The number of nitrogens with one attached hydrogen (secondary N) is 2. The van der Waals surface area contributed by atoms with Gasteiger partial charge in [-0.05, 0) is 42.0 Å². The second-order valence-corrected chi connectivity index (χ2v) is 10.6. The van der Waals surface area contributed by atoms with E-state index in [1.807, 2.05) is 26.0 Å². The molecule has 31 heavy (non-hydrogen) atoms. The molecule has 0 radical (unpaired) electrons. The fourth-order valence-electron chi connectivity index (χ4n) is 4.06. The largest absolute Gasteiger partial charge is 0.356 e. The summed E-state index contributed by atoms with van der Waals surface area (Å²) in [6.45, 7) is 11.2. The van der Waals surface area contributed by atoms with Crippen LogP contribution >= 0.6 is 0 Å². The van der Waals surface area contributed by atoms with E-state index in [1.165, 1.54) is 44.6 Å². The second-order valence-electron chi connectivity index (χ2n) is 8.53. The third-order valence-electron chi connectivity index (χ3n) is 5.80. The SMILES string of the molecule is CC.CC1CCCCC1.CCc1ccc2c(c1)C(NCCCNC(C)=O)CS(=O)(=O)C2. The van der Waals surface area contributed by atoms with Gasteiger partial charge in [0.15, 0.2) is 9.84 Å². The first kappa shape index (κ1) is 27.6. The molecule has 1 unspecified atom stereocenters. The third-order valence-corrected chi connectivity index (χ3v) is 7.39. The summed E-state index contributed by atoms with van der Waals surface area (Å²) in [7, 11) is -3.05. The molecule has 1 amide bonds. The number of aryl methyl sites for hydroxylation is 1. The lowest BCUT2D eigenvalue weighted by Gasteiger charge is -2.27. The monoisotopic (exact) mass is 452 g/mol. The van der Waals surface area contributed by atoms with Gasteiger partial charge in [-0.25, -0.2) is 8.42 Å². The van der Waals surface area contributed by atoms with Crippen LogP contribution in [0, 0.1) is 5.92 Å². The first-order valence-corrected chi connectivity index (χ1v) is 13.9. The zero-order valence-electron chi connectivity index (χ0n) is 20.3. The van der Waals surface area contributed by atoms with E-state index in [4.69, 9.17) is 0 Å². The van der Waals surface area contributed by atoms with E-state index in [2.05, 4.69) is 30.5 Å². The number of sulfone groups is 1. The summed E-state index contributed by atoms with van der Waals surface area (Å²) in [5.74, 6) is 1.27. The molecule has 0 aromatic heterocycles. The summed E-state index contributed by atoms with van der Waals surface area (Å²) < 4.78 is 24.1.